The Morgan fingerprint density at radius 3 is 2.65 bits per heavy atom. The average molecular weight is 272 g/mol. The van der Waals surface area contributed by atoms with Gasteiger partial charge in [-0.25, -0.2) is 0 Å². The van der Waals surface area contributed by atoms with E-state index >= 15 is 0 Å². The SMILES string of the molecule is COc1ccc(OC)c(CN[C@H](C)c2ccccn2)c1. The lowest BCUT2D eigenvalue weighted by atomic mass is 10.1. The number of nitrogens with one attached hydrogen (secondary N) is 1. The van der Waals surface area contributed by atoms with E-state index in [0.717, 1.165) is 22.8 Å². The van der Waals surface area contributed by atoms with Crippen molar-refractivity contribution in [1.29, 1.82) is 0 Å². The molecule has 1 heterocycles. The molecule has 0 saturated heterocycles. The molecule has 4 heteroatoms. The number of aromatic nitrogens is 1. The Kier molecular flexibility index (Phi) is 4.96. The summed E-state index contributed by atoms with van der Waals surface area (Å²) in [4.78, 5) is 4.35. The third-order valence-electron chi connectivity index (χ3n) is 3.22. The molecule has 1 aromatic heterocycles. The molecule has 2 aromatic rings. The molecule has 1 N–H and O–H groups in total. The van der Waals surface area contributed by atoms with Crippen molar-refractivity contribution in [3.05, 3.63) is 53.9 Å². The normalized spacial score (nSPS) is 11.9. The Hall–Kier alpha value is -2.07. The van der Waals surface area contributed by atoms with Crippen LogP contribution in [0, 0.1) is 0 Å². The lowest BCUT2D eigenvalue weighted by Crippen LogP contribution is -2.19. The van der Waals surface area contributed by atoms with Crippen LogP contribution in [0.1, 0.15) is 24.2 Å². The van der Waals surface area contributed by atoms with Crippen LogP contribution in [0.4, 0.5) is 0 Å². The second-order valence-electron chi connectivity index (χ2n) is 4.53. The Morgan fingerprint density at radius 2 is 2.00 bits per heavy atom. The van der Waals surface area contributed by atoms with Crippen molar-refractivity contribution in [3.63, 3.8) is 0 Å². The first-order valence-corrected chi connectivity index (χ1v) is 6.60. The van der Waals surface area contributed by atoms with E-state index in [1.807, 2.05) is 36.4 Å². The molecule has 0 saturated carbocycles. The zero-order chi connectivity index (χ0) is 14.4. The number of hydrogen-bond acceptors (Lipinski definition) is 4. The highest BCUT2D eigenvalue weighted by molar-refractivity contribution is 5.40. The summed E-state index contributed by atoms with van der Waals surface area (Å²) in [5.74, 6) is 1.68. The number of ether oxygens (including phenoxy) is 2. The fourth-order valence-corrected chi connectivity index (χ4v) is 2.02. The fourth-order valence-electron chi connectivity index (χ4n) is 2.02. The standard InChI is InChI=1S/C16H20N2O2/c1-12(15-6-4-5-9-17-15)18-11-13-10-14(19-2)7-8-16(13)20-3/h4-10,12,18H,11H2,1-3H3/t12-/m1/s1. The third kappa shape index (κ3) is 3.48. The Labute approximate surface area is 119 Å². The Morgan fingerprint density at radius 1 is 1.15 bits per heavy atom. The summed E-state index contributed by atoms with van der Waals surface area (Å²) in [5.41, 5.74) is 2.09. The van der Waals surface area contributed by atoms with Gasteiger partial charge >= 0.3 is 0 Å². The lowest BCUT2D eigenvalue weighted by Gasteiger charge is -2.15. The van der Waals surface area contributed by atoms with E-state index in [9.17, 15) is 0 Å². The smallest absolute Gasteiger partial charge is 0.123 e. The van der Waals surface area contributed by atoms with Crippen molar-refractivity contribution in [3.8, 4) is 11.5 Å². The van der Waals surface area contributed by atoms with Crippen LogP contribution >= 0.6 is 0 Å². The monoisotopic (exact) mass is 272 g/mol. The predicted octanol–water partition coefficient (Wildman–Crippen LogP) is 2.95. The van der Waals surface area contributed by atoms with Gasteiger partial charge in [-0.1, -0.05) is 6.07 Å². The van der Waals surface area contributed by atoms with Crippen LogP contribution in [-0.2, 0) is 6.54 Å². The van der Waals surface area contributed by atoms with E-state index in [4.69, 9.17) is 9.47 Å². The molecule has 20 heavy (non-hydrogen) atoms. The van der Waals surface area contributed by atoms with Crippen molar-refractivity contribution >= 4 is 0 Å². The molecule has 106 valence electrons. The molecule has 0 aliphatic carbocycles. The van der Waals surface area contributed by atoms with E-state index < -0.39 is 0 Å². The van der Waals surface area contributed by atoms with Crippen LogP contribution in [0.15, 0.2) is 42.6 Å². The van der Waals surface area contributed by atoms with Gasteiger partial charge in [0, 0.05) is 24.3 Å². The Bertz CT molecular complexity index is 543. The van der Waals surface area contributed by atoms with Crippen molar-refractivity contribution in [1.82, 2.24) is 10.3 Å². The minimum atomic E-state index is 0.173. The molecule has 0 unspecified atom stereocenters. The quantitative estimate of drug-likeness (QED) is 0.878. The van der Waals surface area contributed by atoms with Gasteiger partial charge in [0.2, 0.25) is 0 Å². The zero-order valence-electron chi connectivity index (χ0n) is 12.1. The van der Waals surface area contributed by atoms with Crippen LogP contribution in [0.3, 0.4) is 0 Å². The Balaban J connectivity index is 2.06. The van der Waals surface area contributed by atoms with E-state index in [1.165, 1.54) is 0 Å². The topological polar surface area (TPSA) is 43.4 Å². The third-order valence-corrected chi connectivity index (χ3v) is 3.22. The molecule has 1 aromatic carbocycles. The molecule has 0 amide bonds. The predicted molar refractivity (Wildman–Crippen MR) is 79.0 cm³/mol. The summed E-state index contributed by atoms with van der Waals surface area (Å²) in [6, 6.07) is 11.9. The summed E-state index contributed by atoms with van der Waals surface area (Å²) in [5, 5.41) is 3.44. The maximum Gasteiger partial charge on any atom is 0.123 e. The van der Waals surface area contributed by atoms with Crippen molar-refractivity contribution in [2.75, 3.05) is 14.2 Å². The summed E-state index contributed by atoms with van der Waals surface area (Å²) in [7, 11) is 3.34. The molecule has 1 atom stereocenters. The van der Waals surface area contributed by atoms with E-state index in [0.29, 0.717) is 6.54 Å². The van der Waals surface area contributed by atoms with Crippen LogP contribution in [0.5, 0.6) is 11.5 Å². The summed E-state index contributed by atoms with van der Waals surface area (Å²) in [6.45, 7) is 2.78. The highest BCUT2D eigenvalue weighted by atomic mass is 16.5. The lowest BCUT2D eigenvalue weighted by molar-refractivity contribution is 0.395. The summed E-state index contributed by atoms with van der Waals surface area (Å²) in [6.07, 6.45) is 1.81. The van der Waals surface area contributed by atoms with Crippen molar-refractivity contribution in [2.24, 2.45) is 0 Å². The molecule has 0 radical (unpaired) electrons. The van der Waals surface area contributed by atoms with E-state index in [-0.39, 0.29) is 6.04 Å². The van der Waals surface area contributed by atoms with Gasteiger partial charge < -0.3 is 14.8 Å². The molecule has 0 bridgehead atoms. The molecular weight excluding hydrogens is 252 g/mol. The minimum Gasteiger partial charge on any atom is -0.497 e. The average Bonchev–Trinajstić information content (AvgIpc) is 2.53. The highest BCUT2D eigenvalue weighted by Crippen LogP contribution is 2.24. The molecule has 0 fully saturated rings. The molecule has 2 rings (SSSR count). The fraction of sp³-hybridized carbons (Fsp3) is 0.312. The maximum absolute atomic E-state index is 5.37. The summed E-state index contributed by atoms with van der Waals surface area (Å²) >= 11 is 0. The first kappa shape index (κ1) is 14.3. The molecule has 0 spiro atoms. The van der Waals surface area contributed by atoms with Gasteiger partial charge in [-0.05, 0) is 37.3 Å². The van der Waals surface area contributed by atoms with Gasteiger partial charge in [0.25, 0.3) is 0 Å². The number of methoxy groups -OCH3 is 2. The van der Waals surface area contributed by atoms with Gasteiger partial charge in [-0.2, -0.15) is 0 Å². The van der Waals surface area contributed by atoms with Gasteiger partial charge in [-0.3, -0.25) is 4.98 Å². The second kappa shape index (κ2) is 6.91. The van der Waals surface area contributed by atoms with E-state index in [2.05, 4.69) is 17.2 Å². The van der Waals surface area contributed by atoms with Crippen LogP contribution in [0.2, 0.25) is 0 Å². The van der Waals surface area contributed by atoms with Gasteiger partial charge in [-0.15, -0.1) is 0 Å². The highest BCUT2D eigenvalue weighted by Gasteiger charge is 2.09. The number of benzene rings is 1. The number of hydrogen-bond donors (Lipinski definition) is 1. The number of pyridine rings is 1. The first-order chi connectivity index (χ1) is 9.74. The zero-order valence-corrected chi connectivity index (χ0v) is 12.1. The van der Waals surface area contributed by atoms with Crippen LogP contribution < -0.4 is 14.8 Å². The van der Waals surface area contributed by atoms with Crippen LogP contribution in [-0.4, -0.2) is 19.2 Å². The van der Waals surface area contributed by atoms with Gasteiger partial charge in [0.05, 0.1) is 19.9 Å². The summed E-state index contributed by atoms with van der Waals surface area (Å²) < 4.78 is 10.6. The van der Waals surface area contributed by atoms with Gasteiger partial charge in [0.1, 0.15) is 11.5 Å². The van der Waals surface area contributed by atoms with Crippen LogP contribution in [0.25, 0.3) is 0 Å². The number of rotatable bonds is 6. The minimum absolute atomic E-state index is 0.173. The van der Waals surface area contributed by atoms with E-state index in [1.54, 1.807) is 20.4 Å². The first-order valence-electron chi connectivity index (χ1n) is 6.60. The molecular formula is C16H20N2O2. The van der Waals surface area contributed by atoms with Crippen molar-refractivity contribution < 1.29 is 9.47 Å². The largest absolute Gasteiger partial charge is 0.497 e. The van der Waals surface area contributed by atoms with Gasteiger partial charge in [0.15, 0.2) is 0 Å². The molecule has 0 aliphatic rings. The van der Waals surface area contributed by atoms with Crippen molar-refractivity contribution in [2.45, 2.75) is 19.5 Å². The molecule has 4 nitrogen and oxygen atoms in total. The molecule has 0 aliphatic heterocycles. The maximum atomic E-state index is 5.37. The number of nitrogens with zero attached hydrogens (tertiary/aromatic N) is 1. The second-order valence-corrected chi connectivity index (χ2v) is 4.53.